The van der Waals surface area contributed by atoms with E-state index in [0.717, 1.165) is 31.2 Å². The third-order valence-corrected chi connectivity index (χ3v) is 4.25. The fourth-order valence-electron chi connectivity index (χ4n) is 3.18. The van der Waals surface area contributed by atoms with E-state index in [1.807, 2.05) is 6.07 Å². The molecule has 1 fully saturated rings. The van der Waals surface area contributed by atoms with E-state index in [1.54, 1.807) is 0 Å². The van der Waals surface area contributed by atoms with Crippen molar-refractivity contribution in [3.8, 4) is 5.75 Å². The Bertz CT molecular complexity index is 421. The summed E-state index contributed by atoms with van der Waals surface area (Å²) in [6.45, 7) is 0. The van der Waals surface area contributed by atoms with Crippen molar-refractivity contribution in [3.63, 3.8) is 0 Å². The van der Waals surface area contributed by atoms with E-state index in [4.69, 9.17) is 5.73 Å². The molecule has 1 saturated carbocycles. The zero-order chi connectivity index (χ0) is 11.2. The van der Waals surface area contributed by atoms with E-state index in [0.29, 0.717) is 5.75 Å². The number of fused-ring (bicyclic) bond motifs is 1. The molecule has 0 aromatic heterocycles. The van der Waals surface area contributed by atoms with Crippen molar-refractivity contribution in [1.82, 2.24) is 0 Å². The maximum absolute atomic E-state index is 10.1. The minimum atomic E-state index is -0.229. The van der Waals surface area contributed by atoms with Crippen molar-refractivity contribution >= 4 is 0 Å². The first-order chi connectivity index (χ1) is 7.71. The fourth-order valence-corrected chi connectivity index (χ4v) is 3.18. The Balaban J connectivity index is 2.14. The summed E-state index contributed by atoms with van der Waals surface area (Å²) < 4.78 is 0. The first-order valence-corrected chi connectivity index (χ1v) is 6.34. The van der Waals surface area contributed by atoms with Crippen LogP contribution in [0.15, 0.2) is 12.1 Å². The quantitative estimate of drug-likeness (QED) is 0.759. The maximum Gasteiger partial charge on any atom is 0.120 e. The van der Waals surface area contributed by atoms with Crippen LogP contribution in [0.1, 0.15) is 48.8 Å². The molecular weight excluding hydrogens is 198 g/mol. The molecule has 3 N–H and O–H groups in total. The average molecular weight is 217 g/mol. The molecule has 86 valence electrons. The average Bonchev–Trinajstić information content (AvgIpc) is 2.26. The van der Waals surface area contributed by atoms with Gasteiger partial charge in [-0.2, -0.15) is 0 Å². The lowest BCUT2D eigenvalue weighted by Gasteiger charge is -2.41. The molecule has 0 aliphatic heterocycles. The Morgan fingerprint density at radius 2 is 1.81 bits per heavy atom. The zero-order valence-corrected chi connectivity index (χ0v) is 9.63. The van der Waals surface area contributed by atoms with Gasteiger partial charge in [0.15, 0.2) is 0 Å². The summed E-state index contributed by atoms with van der Waals surface area (Å²) in [4.78, 5) is 0. The van der Waals surface area contributed by atoms with Crippen LogP contribution in [0.5, 0.6) is 5.75 Å². The van der Waals surface area contributed by atoms with Gasteiger partial charge in [0.1, 0.15) is 5.75 Å². The zero-order valence-electron chi connectivity index (χ0n) is 9.63. The third-order valence-electron chi connectivity index (χ3n) is 4.25. The Labute approximate surface area is 96.5 Å². The second kappa shape index (κ2) is 3.49. The molecule has 1 aromatic carbocycles. The summed E-state index contributed by atoms with van der Waals surface area (Å²) in [5.41, 5.74) is 9.99. The van der Waals surface area contributed by atoms with Crippen molar-refractivity contribution in [2.24, 2.45) is 5.73 Å². The van der Waals surface area contributed by atoms with Crippen molar-refractivity contribution in [2.75, 3.05) is 0 Å². The van der Waals surface area contributed by atoms with E-state index in [2.05, 4.69) is 6.07 Å². The highest BCUT2D eigenvalue weighted by Crippen LogP contribution is 2.46. The largest absolute Gasteiger partial charge is 0.508 e. The molecule has 2 heteroatoms. The smallest absolute Gasteiger partial charge is 0.120 e. The van der Waals surface area contributed by atoms with Crippen LogP contribution < -0.4 is 5.73 Å². The molecule has 2 aliphatic rings. The van der Waals surface area contributed by atoms with Crippen LogP contribution in [0.3, 0.4) is 0 Å². The molecule has 2 nitrogen and oxygen atoms in total. The first kappa shape index (κ1) is 10.2. The van der Waals surface area contributed by atoms with Gasteiger partial charge in [-0.25, -0.2) is 0 Å². The Kier molecular flexibility index (Phi) is 2.21. The van der Waals surface area contributed by atoms with E-state index >= 15 is 0 Å². The number of hydrogen-bond donors (Lipinski definition) is 2. The van der Waals surface area contributed by atoms with Crippen LogP contribution in [0, 0.1) is 0 Å². The first-order valence-electron chi connectivity index (χ1n) is 6.34. The van der Waals surface area contributed by atoms with Crippen molar-refractivity contribution < 1.29 is 5.11 Å². The Morgan fingerprint density at radius 1 is 1.06 bits per heavy atom. The molecule has 16 heavy (non-hydrogen) atoms. The van der Waals surface area contributed by atoms with E-state index in [9.17, 15) is 5.11 Å². The fraction of sp³-hybridized carbons (Fsp3) is 0.571. The number of aromatic hydroxyl groups is 1. The predicted octanol–water partition coefficient (Wildman–Crippen LogP) is 2.61. The van der Waals surface area contributed by atoms with Gasteiger partial charge in [-0.1, -0.05) is 6.07 Å². The lowest BCUT2D eigenvalue weighted by atomic mass is 9.69. The monoisotopic (exact) mass is 217 g/mol. The molecule has 1 aromatic rings. The lowest BCUT2D eigenvalue weighted by Crippen LogP contribution is -2.44. The lowest BCUT2D eigenvalue weighted by molar-refractivity contribution is 0.243. The molecular formula is C14H19NO. The van der Waals surface area contributed by atoms with Crippen LogP contribution in [0.4, 0.5) is 0 Å². The Morgan fingerprint density at radius 3 is 2.50 bits per heavy atom. The highest BCUT2D eigenvalue weighted by atomic mass is 16.3. The highest BCUT2D eigenvalue weighted by molar-refractivity contribution is 5.50. The standard InChI is InChI=1S/C14H19NO/c15-14(8-3-9-14)13-11-5-2-1-4-10(11)6-7-12(13)16/h6-7,16H,1-5,8-9,15H2. The molecule has 3 rings (SSSR count). The third kappa shape index (κ3) is 1.36. The van der Waals surface area contributed by atoms with Gasteiger partial charge >= 0.3 is 0 Å². The number of aryl methyl sites for hydroxylation is 1. The van der Waals surface area contributed by atoms with E-state index in [1.165, 1.54) is 30.4 Å². The topological polar surface area (TPSA) is 46.2 Å². The van der Waals surface area contributed by atoms with E-state index < -0.39 is 0 Å². The summed E-state index contributed by atoms with van der Waals surface area (Å²) in [6.07, 6.45) is 8.00. The van der Waals surface area contributed by atoms with Crippen LogP contribution in [-0.2, 0) is 18.4 Å². The molecule has 0 bridgehead atoms. The SMILES string of the molecule is NC1(c2c(O)ccc3c2CCCC3)CCC1. The van der Waals surface area contributed by atoms with Crippen molar-refractivity contribution in [1.29, 1.82) is 0 Å². The van der Waals surface area contributed by atoms with Gasteiger partial charge in [0.2, 0.25) is 0 Å². The summed E-state index contributed by atoms with van der Waals surface area (Å²) in [5.74, 6) is 0.419. The minimum absolute atomic E-state index is 0.229. The van der Waals surface area contributed by atoms with Crippen molar-refractivity contribution in [3.05, 3.63) is 28.8 Å². The maximum atomic E-state index is 10.1. The van der Waals surface area contributed by atoms with Gasteiger partial charge in [-0.3, -0.25) is 0 Å². The molecule has 0 atom stereocenters. The molecule has 2 aliphatic carbocycles. The van der Waals surface area contributed by atoms with Gasteiger partial charge in [0.05, 0.1) is 0 Å². The molecule has 0 radical (unpaired) electrons. The second-order valence-corrected chi connectivity index (χ2v) is 5.31. The molecule has 0 spiro atoms. The Hall–Kier alpha value is -1.02. The highest BCUT2D eigenvalue weighted by Gasteiger charge is 2.39. The molecule has 0 saturated heterocycles. The summed E-state index contributed by atoms with van der Waals surface area (Å²) >= 11 is 0. The molecule has 0 heterocycles. The molecule has 0 amide bonds. The van der Waals surface area contributed by atoms with Crippen LogP contribution >= 0.6 is 0 Å². The molecule has 0 unspecified atom stereocenters. The number of phenolic OH excluding ortho intramolecular Hbond substituents is 1. The van der Waals surface area contributed by atoms with Gasteiger partial charge in [0, 0.05) is 11.1 Å². The second-order valence-electron chi connectivity index (χ2n) is 5.31. The van der Waals surface area contributed by atoms with Gasteiger partial charge in [-0.05, 0) is 62.1 Å². The summed E-state index contributed by atoms with van der Waals surface area (Å²) in [6, 6.07) is 3.92. The number of phenols is 1. The number of rotatable bonds is 1. The van der Waals surface area contributed by atoms with Gasteiger partial charge in [0.25, 0.3) is 0 Å². The van der Waals surface area contributed by atoms with Gasteiger partial charge in [-0.15, -0.1) is 0 Å². The van der Waals surface area contributed by atoms with Crippen LogP contribution in [0.2, 0.25) is 0 Å². The number of nitrogens with two attached hydrogens (primary N) is 1. The normalized spacial score (nSPS) is 22.3. The number of hydrogen-bond acceptors (Lipinski definition) is 2. The van der Waals surface area contributed by atoms with E-state index in [-0.39, 0.29) is 5.54 Å². The number of benzene rings is 1. The van der Waals surface area contributed by atoms with Gasteiger partial charge < -0.3 is 10.8 Å². The minimum Gasteiger partial charge on any atom is -0.508 e. The van der Waals surface area contributed by atoms with Crippen LogP contribution in [0.25, 0.3) is 0 Å². The predicted molar refractivity (Wildman–Crippen MR) is 64.5 cm³/mol. The summed E-state index contributed by atoms with van der Waals surface area (Å²) in [5, 5.41) is 10.1. The van der Waals surface area contributed by atoms with Crippen LogP contribution in [-0.4, -0.2) is 5.11 Å². The van der Waals surface area contributed by atoms with Crippen molar-refractivity contribution in [2.45, 2.75) is 50.5 Å². The summed E-state index contributed by atoms with van der Waals surface area (Å²) in [7, 11) is 0.